The molecule has 3 rings (SSSR count). The van der Waals surface area contributed by atoms with Gasteiger partial charge in [-0.3, -0.25) is 5.43 Å². The maximum absolute atomic E-state index is 13.9. The molecule has 3 aromatic rings. The topological polar surface area (TPSA) is 46.5 Å². The first-order chi connectivity index (χ1) is 13.7. The molecule has 146 valence electrons. The third-order valence-electron chi connectivity index (χ3n) is 3.97. The van der Waals surface area contributed by atoms with Crippen molar-refractivity contribution >= 4 is 22.7 Å². The Morgan fingerprint density at radius 3 is 2.79 bits per heavy atom. The fraction of sp³-hybridized carbons (Fsp3) is 0.238. The lowest BCUT2D eigenvalue weighted by molar-refractivity contribution is 0.286. The van der Waals surface area contributed by atoms with Crippen molar-refractivity contribution in [2.45, 2.75) is 26.2 Å². The highest BCUT2D eigenvalue weighted by molar-refractivity contribution is 7.14. The summed E-state index contributed by atoms with van der Waals surface area (Å²) in [5.41, 5.74) is 5.08. The molecule has 0 radical (unpaired) electrons. The summed E-state index contributed by atoms with van der Waals surface area (Å²) in [5.74, 6) is -2.04. The smallest absolute Gasteiger partial charge is 0.203 e. The summed E-state index contributed by atoms with van der Waals surface area (Å²) in [7, 11) is 0. The van der Waals surface area contributed by atoms with Crippen LogP contribution in [0.25, 0.3) is 11.3 Å². The molecule has 0 aliphatic carbocycles. The van der Waals surface area contributed by atoms with E-state index in [0.717, 1.165) is 36.6 Å². The lowest BCUT2D eigenvalue weighted by atomic mass is 10.2. The van der Waals surface area contributed by atoms with Crippen LogP contribution in [0.15, 0.2) is 52.9 Å². The van der Waals surface area contributed by atoms with Crippen molar-refractivity contribution in [3.8, 4) is 17.0 Å². The zero-order valence-corrected chi connectivity index (χ0v) is 16.3. The molecule has 0 unspecified atom stereocenters. The molecule has 1 aromatic heterocycles. The predicted octanol–water partition coefficient (Wildman–Crippen LogP) is 6.10. The number of hydrazone groups is 1. The molecule has 1 heterocycles. The van der Waals surface area contributed by atoms with Crippen LogP contribution >= 0.6 is 11.3 Å². The zero-order valence-electron chi connectivity index (χ0n) is 15.5. The van der Waals surface area contributed by atoms with Gasteiger partial charge in [-0.05, 0) is 18.6 Å². The quantitative estimate of drug-likeness (QED) is 0.268. The number of benzene rings is 2. The molecule has 0 aliphatic rings. The lowest BCUT2D eigenvalue weighted by Gasteiger charge is -2.08. The number of nitrogens with one attached hydrogen (secondary N) is 1. The Kier molecular flexibility index (Phi) is 7.08. The van der Waals surface area contributed by atoms with Crippen molar-refractivity contribution in [2.75, 3.05) is 12.0 Å². The Morgan fingerprint density at radius 2 is 2.00 bits per heavy atom. The van der Waals surface area contributed by atoms with Gasteiger partial charge in [-0.1, -0.05) is 50.1 Å². The second kappa shape index (κ2) is 9.94. The van der Waals surface area contributed by atoms with E-state index in [1.807, 2.05) is 35.7 Å². The molecule has 0 amide bonds. The van der Waals surface area contributed by atoms with E-state index in [4.69, 9.17) is 4.74 Å². The average molecular weight is 401 g/mol. The predicted molar refractivity (Wildman–Crippen MR) is 110 cm³/mol. The monoisotopic (exact) mass is 401 g/mol. The van der Waals surface area contributed by atoms with E-state index in [-0.39, 0.29) is 5.75 Å². The fourth-order valence-electron chi connectivity index (χ4n) is 2.53. The van der Waals surface area contributed by atoms with Crippen LogP contribution in [0.5, 0.6) is 5.75 Å². The van der Waals surface area contributed by atoms with Crippen LogP contribution in [0.2, 0.25) is 0 Å². The summed E-state index contributed by atoms with van der Waals surface area (Å²) < 4.78 is 33.1. The number of hydrogen-bond donors (Lipinski definition) is 1. The number of anilines is 1. The first kappa shape index (κ1) is 19.9. The molecule has 0 spiro atoms. The van der Waals surface area contributed by atoms with Crippen molar-refractivity contribution < 1.29 is 13.5 Å². The van der Waals surface area contributed by atoms with E-state index in [2.05, 4.69) is 22.4 Å². The third kappa shape index (κ3) is 5.36. The van der Waals surface area contributed by atoms with Gasteiger partial charge in [-0.25, -0.2) is 9.37 Å². The Bertz CT molecular complexity index is 929. The standard InChI is InChI=1S/C21H21F2N3OS/c1-2-3-7-10-27-19-12-15(11-17(22)20(19)23)13-24-26-21-25-18(14-28-21)16-8-5-4-6-9-16/h4-6,8-9,11-14H,2-3,7,10H2,1H3,(H,25,26). The van der Waals surface area contributed by atoms with Crippen molar-refractivity contribution in [2.24, 2.45) is 5.10 Å². The van der Waals surface area contributed by atoms with E-state index in [1.165, 1.54) is 23.6 Å². The Hall–Kier alpha value is -2.80. The Balaban J connectivity index is 1.64. The third-order valence-corrected chi connectivity index (χ3v) is 4.72. The molecule has 0 bridgehead atoms. The van der Waals surface area contributed by atoms with E-state index in [9.17, 15) is 8.78 Å². The van der Waals surface area contributed by atoms with Gasteiger partial charge in [-0.2, -0.15) is 9.49 Å². The number of ether oxygens (including phenoxy) is 1. The maximum Gasteiger partial charge on any atom is 0.203 e. The number of halogens is 2. The normalized spacial score (nSPS) is 11.1. The molecule has 7 heteroatoms. The maximum atomic E-state index is 13.9. The average Bonchev–Trinajstić information content (AvgIpc) is 3.18. The first-order valence-electron chi connectivity index (χ1n) is 9.09. The van der Waals surface area contributed by atoms with E-state index in [0.29, 0.717) is 17.3 Å². The van der Waals surface area contributed by atoms with Crippen molar-refractivity contribution in [1.29, 1.82) is 0 Å². The van der Waals surface area contributed by atoms with E-state index >= 15 is 0 Å². The molecule has 0 atom stereocenters. The van der Waals surface area contributed by atoms with Crippen LogP contribution in [-0.4, -0.2) is 17.8 Å². The molecule has 1 N–H and O–H groups in total. The van der Waals surface area contributed by atoms with Crippen molar-refractivity contribution in [1.82, 2.24) is 4.98 Å². The molecule has 2 aromatic carbocycles. The highest BCUT2D eigenvalue weighted by Crippen LogP contribution is 2.25. The summed E-state index contributed by atoms with van der Waals surface area (Å²) in [6.07, 6.45) is 4.21. The van der Waals surface area contributed by atoms with Gasteiger partial charge in [-0.15, -0.1) is 11.3 Å². The number of unbranched alkanes of at least 4 members (excludes halogenated alkanes) is 2. The summed E-state index contributed by atoms with van der Waals surface area (Å²) in [6, 6.07) is 12.3. The first-order valence-corrected chi connectivity index (χ1v) is 9.97. The summed E-state index contributed by atoms with van der Waals surface area (Å²) in [6.45, 7) is 2.42. The van der Waals surface area contributed by atoms with Gasteiger partial charge in [0, 0.05) is 16.5 Å². The number of thiazole rings is 1. The number of rotatable bonds is 9. The van der Waals surface area contributed by atoms with Gasteiger partial charge in [0.2, 0.25) is 10.9 Å². The van der Waals surface area contributed by atoms with Gasteiger partial charge >= 0.3 is 0 Å². The van der Waals surface area contributed by atoms with Crippen molar-refractivity contribution in [3.63, 3.8) is 0 Å². The van der Waals surface area contributed by atoms with E-state index in [1.54, 1.807) is 0 Å². The van der Waals surface area contributed by atoms with Crippen molar-refractivity contribution in [3.05, 3.63) is 65.0 Å². The molecular formula is C21H21F2N3OS. The van der Waals surface area contributed by atoms with Crippen LogP contribution < -0.4 is 10.2 Å². The SMILES string of the molecule is CCCCCOc1cc(C=NNc2nc(-c3ccccc3)cs2)cc(F)c1F. The zero-order chi connectivity index (χ0) is 19.8. The van der Waals surface area contributed by atoms with Crippen LogP contribution in [-0.2, 0) is 0 Å². The number of nitrogens with zero attached hydrogens (tertiary/aromatic N) is 2. The Labute approximate surface area is 166 Å². The van der Waals surface area contributed by atoms with Gasteiger partial charge in [0.05, 0.1) is 18.5 Å². The molecule has 0 saturated carbocycles. The molecule has 0 fully saturated rings. The number of hydrogen-bond acceptors (Lipinski definition) is 5. The lowest BCUT2D eigenvalue weighted by Crippen LogP contribution is -2.02. The van der Waals surface area contributed by atoms with Gasteiger partial charge < -0.3 is 4.74 Å². The summed E-state index contributed by atoms with van der Waals surface area (Å²) in [4.78, 5) is 4.45. The number of aromatic nitrogens is 1. The van der Waals surface area contributed by atoms with Gasteiger partial charge in [0.25, 0.3) is 0 Å². The second-order valence-electron chi connectivity index (χ2n) is 6.14. The van der Waals surface area contributed by atoms with E-state index < -0.39 is 11.6 Å². The molecule has 4 nitrogen and oxygen atoms in total. The van der Waals surface area contributed by atoms with Gasteiger partial charge in [0.15, 0.2) is 11.6 Å². The minimum Gasteiger partial charge on any atom is -0.490 e. The second-order valence-corrected chi connectivity index (χ2v) is 7.00. The highest BCUT2D eigenvalue weighted by Gasteiger charge is 2.11. The minimum atomic E-state index is -0.978. The summed E-state index contributed by atoms with van der Waals surface area (Å²) in [5, 5.41) is 6.60. The molecule has 0 saturated heterocycles. The molecular weight excluding hydrogens is 380 g/mol. The van der Waals surface area contributed by atoms with Crippen LogP contribution in [0.4, 0.5) is 13.9 Å². The molecule has 0 aliphatic heterocycles. The minimum absolute atomic E-state index is 0.0989. The fourth-order valence-corrected chi connectivity index (χ4v) is 3.19. The Morgan fingerprint density at radius 1 is 1.18 bits per heavy atom. The molecule has 28 heavy (non-hydrogen) atoms. The largest absolute Gasteiger partial charge is 0.490 e. The highest BCUT2D eigenvalue weighted by atomic mass is 32.1. The van der Waals surface area contributed by atoms with Crippen LogP contribution in [0, 0.1) is 11.6 Å². The van der Waals surface area contributed by atoms with Gasteiger partial charge in [0.1, 0.15) is 0 Å². The van der Waals surface area contributed by atoms with Crippen LogP contribution in [0.3, 0.4) is 0 Å². The summed E-state index contributed by atoms with van der Waals surface area (Å²) >= 11 is 1.41. The van der Waals surface area contributed by atoms with Crippen LogP contribution in [0.1, 0.15) is 31.7 Å².